The quantitative estimate of drug-likeness (QED) is 0.711. The summed E-state index contributed by atoms with van der Waals surface area (Å²) in [6, 6.07) is 16.3. The molecule has 0 spiro atoms. The summed E-state index contributed by atoms with van der Waals surface area (Å²) in [5.41, 5.74) is 2.52. The third-order valence-electron chi connectivity index (χ3n) is 6.15. The van der Waals surface area contributed by atoms with Gasteiger partial charge >= 0.3 is 0 Å². The van der Waals surface area contributed by atoms with Crippen LogP contribution in [0.1, 0.15) is 43.5 Å². The van der Waals surface area contributed by atoms with E-state index in [1.54, 1.807) is 0 Å². The molecule has 0 aliphatic carbocycles. The summed E-state index contributed by atoms with van der Waals surface area (Å²) in [6.07, 6.45) is 2.72. The molecule has 4 nitrogen and oxygen atoms in total. The first-order valence-corrected chi connectivity index (χ1v) is 9.87. The number of rotatable bonds is 4. The van der Waals surface area contributed by atoms with Crippen molar-refractivity contribution in [3.63, 3.8) is 0 Å². The fourth-order valence-electron chi connectivity index (χ4n) is 3.98. The Hall–Kier alpha value is -2.43. The van der Waals surface area contributed by atoms with E-state index in [1.165, 1.54) is 11.1 Å². The maximum Gasteiger partial charge on any atom is 0.134 e. The average Bonchev–Trinajstić information content (AvgIpc) is 2.65. The number of benzene rings is 2. The molecular weight excluding hydrogens is 348 g/mol. The molecule has 1 aliphatic heterocycles. The van der Waals surface area contributed by atoms with Gasteiger partial charge < -0.3 is 15.2 Å². The number of aromatic nitrogens is 1. The highest BCUT2D eigenvalue weighted by molar-refractivity contribution is 5.84. The molecule has 1 aliphatic rings. The first kappa shape index (κ1) is 18.9. The Bertz CT molecular complexity index is 996. The second-order valence-electron chi connectivity index (χ2n) is 8.42. The minimum absolute atomic E-state index is 0.248. The van der Waals surface area contributed by atoms with Crippen LogP contribution in [-0.4, -0.2) is 27.8 Å². The number of nitrogens with zero attached hydrogens (tertiary/aromatic N) is 1. The first-order chi connectivity index (χ1) is 13.3. The van der Waals surface area contributed by atoms with Gasteiger partial charge in [0.25, 0.3) is 0 Å². The lowest BCUT2D eigenvalue weighted by Crippen LogP contribution is -2.61. The fraction of sp³-hybridized carbons (Fsp3) is 0.375. The lowest BCUT2D eigenvalue weighted by Gasteiger charge is -2.50. The average molecular weight is 377 g/mol. The van der Waals surface area contributed by atoms with Crippen molar-refractivity contribution in [2.24, 2.45) is 0 Å². The van der Waals surface area contributed by atoms with Gasteiger partial charge in [0.1, 0.15) is 17.0 Å². The molecule has 28 heavy (non-hydrogen) atoms. The lowest BCUT2D eigenvalue weighted by molar-refractivity contribution is -0.139. The molecule has 0 radical (unpaired) electrons. The van der Waals surface area contributed by atoms with Crippen LogP contribution in [0.5, 0.6) is 5.75 Å². The van der Waals surface area contributed by atoms with Crippen molar-refractivity contribution in [3.8, 4) is 5.75 Å². The summed E-state index contributed by atoms with van der Waals surface area (Å²) in [4.78, 5) is 4.53. The predicted molar refractivity (Wildman–Crippen MR) is 113 cm³/mol. The zero-order valence-electron chi connectivity index (χ0n) is 17.0. The number of aliphatic hydroxyl groups is 1. The SMILES string of the molecule is Cc1ccnc2cc3c(cc12)OC(C)(C)C(C)(O)C3NCCc1ccccc1. The monoisotopic (exact) mass is 376 g/mol. The molecule has 146 valence electrons. The van der Waals surface area contributed by atoms with Crippen molar-refractivity contribution in [3.05, 3.63) is 71.4 Å². The van der Waals surface area contributed by atoms with Crippen LogP contribution in [0.2, 0.25) is 0 Å². The van der Waals surface area contributed by atoms with Gasteiger partial charge in [-0.15, -0.1) is 0 Å². The van der Waals surface area contributed by atoms with Gasteiger partial charge in [-0.05, 0) is 70.0 Å². The maximum atomic E-state index is 11.4. The number of pyridine rings is 1. The van der Waals surface area contributed by atoms with Crippen LogP contribution < -0.4 is 10.1 Å². The number of hydrogen-bond donors (Lipinski definition) is 2. The third kappa shape index (κ3) is 3.17. The van der Waals surface area contributed by atoms with Gasteiger partial charge in [-0.1, -0.05) is 30.3 Å². The second-order valence-corrected chi connectivity index (χ2v) is 8.42. The topological polar surface area (TPSA) is 54.4 Å². The fourth-order valence-corrected chi connectivity index (χ4v) is 3.98. The standard InChI is InChI=1S/C24H28N2O2/c1-16-10-12-25-20-14-19-21(15-18(16)20)28-23(2,3)24(4,27)22(19)26-13-11-17-8-6-5-7-9-17/h5-10,12,14-15,22,26-27H,11,13H2,1-4H3. The molecule has 1 aromatic heterocycles. The second kappa shape index (κ2) is 6.87. The Kier molecular flexibility index (Phi) is 4.64. The summed E-state index contributed by atoms with van der Waals surface area (Å²) < 4.78 is 6.27. The first-order valence-electron chi connectivity index (χ1n) is 9.87. The van der Waals surface area contributed by atoms with Crippen molar-refractivity contribution in [1.29, 1.82) is 0 Å². The maximum absolute atomic E-state index is 11.4. The molecule has 2 unspecified atom stereocenters. The van der Waals surface area contributed by atoms with Crippen molar-refractivity contribution < 1.29 is 9.84 Å². The molecule has 4 rings (SSSR count). The van der Waals surface area contributed by atoms with Gasteiger partial charge in [0.2, 0.25) is 0 Å². The molecule has 2 aromatic carbocycles. The van der Waals surface area contributed by atoms with E-state index in [0.29, 0.717) is 0 Å². The summed E-state index contributed by atoms with van der Waals surface area (Å²) in [5.74, 6) is 0.817. The van der Waals surface area contributed by atoms with E-state index in [-0.39, 0.29) is 6.04 Å². The highest BCUT2D eigenvalue weighted by Crippen LogP contribution is 2.47. The minimum atomic E-state index is -1.08. The number of nitrogens with one attached hydrogen (secondary N) is 1. The molecule has 2 N–H and O–H groups in total. The smallest absolute Gasteiger partial charge is 0.134 e. The molecule has 2 atom stereocenters. The van der Waals surface area contributed by atoms with E-state index < -0.39 is 11.2 Å². The van der Waals surface area contributed by atoms with Crippen LogP contribution in [0.15, 0.2) is 54.7 Å². The van der Waals surface area contributed by atoms with E-state index in [1.807, 2.05) is 39.1 Å². The van der Waals surface area contributed by atoms with Gasteiger partial charge in [-0.25, -0.2) is 0 Å². The lowest BCUT2D eigenvalue weighted by atomic mass is 9.75. The van der Waals surface area contributed by atoms with E-state index >= 15 is 0 Å². The zero-order valence-corrected chi connectivity index (χ0v) is 17.0. The zero-order chi connectivity index (χ0) is 19.9. The highest BCUT2D eigenvalue weighted by Gasteiger charge is 2.52. The van der Waals surface area contributed by atoms with Crippen LogP contribution in [0, 0.1) is 6.92 Å². The third-order valence-corrected chi connectivity index (χ3v) is 6.15. The van der Waals surface area contributed by atoms with Crippen molar-refractivity contribution in [1.82, 2.24) is 10.3 Å². The highest BCUT2D eigenvalue weighted by atomic mass is 16.5. The van der Waals surface area contributed by atoms with Crippen LogP contribution in [0.4, 0.5) is 0 Å². The molecule has 3 aromatic rings. The molecule has 0 bridgehead atoms. The van der Waals surface area contributed by atoms with Gasteiger partial charge in [-0.3, -0.25) is 4.98 Å². The summed E-state index contributed by atoms with van der Waals surface area (Å²) >= 11 is 0. The summed E-state index contributed by atoms with van der Waals surface area (Å²) in [7, 11) is 0. The summed E-state index contributed by atoms with van der Waals surface area (Å²) in [5, 5.41) is 16.1. The molecule has 0 saturated carbocycles. The molecule has 0 saturated heterocycles. The van der Waals surface area contributed by atoms with Crippen molar-refractivity contribution >= 4 is 10.9 Å². The van der Waals surface area contributed by atoms with Crippen LogP contribution in [0.3, 0.4) is 0 Å². The Morgan fingerprint density at radius 1 is 1.11 bits per heavy atom. The van der Waals surface area contributed by atoms with E-state index in [0.717, 1.165) is 35.2 Å². The van der Waals surface area contributed by atoms with Gasteiger partial charge in [-0.2, -0.15) is 0 Å². The molecule has 4 heteroatoms. The number of aryl methyl sites for hydroxylation is 1. The Labute approximate surface area is 166 Å². The van der Waals surface area contributed by atoms with E-state index in [4.69, 9.17) is 4.74 Å². The number of ether oxygens (including phenoxy) is 1. The van der Waals surface area contributed by atoms with Gasteiger partial charge in [0.05, 0.1) is 11.6 Å². The Balaban J connectivity index is 1.71. The molecule has 0 amide bonds. The Morgan fingerprint density at radius 3 is 2.61 bits per heavy atom. The molecule has 0 fully saturated rings. The predicted octanol–water partition coefficient (Wildman–Crippen LogP) is 4.34. The molecule has 2 heterocycles. The van der Waals surface area contributed by atoms with Gasteiger partial charge in [0, 0.05) is 17.1 Å². The van der Waals surface area contributed by atoms with Crippen molar-refractivity contribution in [2.45, 2.75) is 51.4 Å². The normalized spacial score (nSPS) is 23.2. The minimum Gasteiger partial charge on any atom is -0.484 e. The van der Waals surface area contributed by atoms with Crippen molar-refractivity contribution in [2.75, 3.05) is 6.54 Å². The number of hydrogen-bond acceptors (Lipinski definition) is 4. The van der Waals surface area contributed by atoms with Crippen LogP contribution >= 0.6 is 0 Å². The summed E-state index contributed by atoms with van der Waals surface area (Å²) in [6.45, 7) is 8.59. The largest absolute Gasteiger partial charge is 0.484 e. The van der Waals surface area contributed by atoms with Crippen LogP contribution in [-0.2, 0) is 6.42 Å². The van der Waals surface area contributed by atoms with Gasteiger partial charge in [0.15, 0.2) is 0 Å². The number of fused-ring (bicyclic) bond motifs is 2. The van der Waals surface area contributed by atoms with Crippen LogP contribution in [0.25, 0.3) is 10.9 Å². The van der Waals surface area contributed by atoms with E-state index in [2.05, 4.69) is 53.6 Å². The van der Waals surface area contributed by atoms with E-state index in [9.17, 15) is 5.11 Å². The molecular formula is C24H28N2O2. The Morgan fingerprint density at radius 2 is 1.86 bits per heavy atom.